The van der Waals surface area contributed by atoms with Crippen LogP contribution in [-0.4, -0.2) is 30.0 Å². The zero-order valence-electron chi connectivity index (χ0n) is 14.1. The van der Waals surface area contributed by atoms with Gasteiger partial charge in [-0.25, -0.2) is 9.97 Å². The number of amides is 1. The van der Waals surface area contributed by atoms with E-state index in [-0.39, 0.29) is 5.91 Å². The zero-order valence-corrected chi connectivity index (χ0v) is 14.1. The number of benzene rings is 2. The Balaban J connectivity index is 1.71. The van der Waals surface area contributed by atoms with Crippen LogP contribution in [0.15, 0.2) is 67.0 Å². The first-order valence-corrected chi connectivity index (χ1v) is 7.85. The Kier molecular flexibility index (Phi) is 4.89. The van der Waals surface area contributed by atoms with Gasteiger partial charge in [0.25, 0.3) is 5.91 Å². The van der Waals surface area contributed by atoms with Crippen LogP contribution >= 0.6 is 0 Å². The molecule has 0 saturated carbocycles. The number of carbonyl (C=O) groups excluding carboxylic acids is 1. The summed E-state index contributed by atoms with van der Waals surface area (Å²) in [6.07, 6.45) is 1.37. The molecule has 0 bridgehead atoms. The van der Waals surface area contributed by atoms with E-state index in [0.29, 0.717) is 11.5 Å². The van der Waals surface area contributed by atoms with Gasteiger partial charge < -0.3 is 15.5 Å². The van der Waals surface area contributed by atoms with Gasteiger partial charge in [-0.05, 0) is 36.4 Å². The summed E-state index contributed by atoms with van der Waals surface area (Å²) < 4.78 is 0. The van der Waals surface area contributed by atoms with Gasteiger partial charge in [0.2, 0.25) is 0 Å². The van der Waals surface area contributed by atoms with E-state index >= 15 is 0 Å². The number of nitrogens with one attached hydrogen (secondary N) is 2. The summed E-state index contributed by atoms with van der Waals surface area (Å²) >= 11 is 0. The molecular weight excluding hydrogens is 314 g/mol. The Morgan fingerprint density at radius 2 is 1.64 bits per heavy atom. The predicted molar refractivity (Wildman–Crippen MR) is 100 cm³/mol. The summed E-state index contributed by atoms with van der Waals surface area (Å²) in [4.78, 5) is 22.5. The molecule has 126 valence electrons. The quantitative estimate of drug-likeness (QED) is 0.747. The fourth-order valence-electron chi connectivity index (χ4n) is 2.26. The number of hydrogen-bond acceptors (Lipinski definition) is 5. The number of rotatable bonds is 5. The van der Waals surface area contributed by atoms with Crippen LogP contribution in [0.4, 0.5) is 22.9 Å². The summed E-state index contributed by atoms with van der Waals surface area (Å²) in [6.45, 7) is 0. The van der Waals surface area contributed by atoms with Crippen molar-refractivity contribution in [3.63, 3.8) is 0 Å². The van der Waals surface area contributed by atoms with Crippen molar-refractivity contribution in [3.8, 4) is 0 Å². The molecule has 1 amide bonds. The average Bonchev–Trinajstić information content (AvgIpc) is 2.63. The van der Waals surface area contributed by atoms with Crippen LogP contribution in [0.1, 0.15) is 10.5 Å². The zero-order chi connectivity index (χ0) is 17.6. The SMILES string of the molecule is CN(C)c1ccc(Nc2cc(C(=O)Nc3ccccc3)ncn2)cc1. The minimum atomic E-state index is -0.278. The van der Waals surface area contributed by atoms with Crippen LogP contribution in [-0.2, 0) is 0 Å². The first-order chi connectivity index (χ1) is 12.1. The van der Waals surface area contributed by atoms with E-state index in [2.05, 4.69) is 20.6 Å². The smallest absolute Gasteiger partial charge is 0.274 e. The molecule has 6 nitrogen and oxygen atoms in total. The van der Waals surface area contributed by atoms with Crippen molar-refractivity contribution < 1.29 is 4.79 Å². The molecule has 0 radical (unpaired) electrons. The number of para-hydroxylation sites is 1. The monoisotopic (exact) mass is 333 g/mol. The lowest BCUT2D eigenvalue weighted by Crippen LogP contribution is -2.14. The Hall–Kier alpha value is -3.41. The van der Waals surface area contributed by atoms with Crippen LogP contribution in [0, 0.1) is 0 Å². The second-order valence-corrected chi connectivity index (χ2v) is 5.67. The van der Waals surface area contributed by atoms with E-state index in [4.69, 9.17) is 0 Å². The summed E-state index contributed by atoms with van der Waals surface area (Å²) in [7, 11) is 3.98. The fourth-order valence-corrected chi connectivity index (χ4v) is 2.26. The van der Waals surface area contributed by atoms with Crippen molar-refractivity contribution >= 4 is 28.8 Å². The molecule has 0 aliphatic carbocycles. The second kappa shape index (κ2) is 7.44. The van der Waals surface area contributed by atoms with Gasteiger partial charge in [0.15, 0.2) is 0 Å². The van der Waals surface area contributed by atoms with Gasteiger partial charge in [0.1, 0.15) is 17.8 Å². The molecule has 0 fully saturated rings. The molecule has 2 aromatic carbocycles. The molecule has 0 atom stereocenters. The van der Waals surface area contributed by atoms with E-state index in [9.17, 15) is 4.79 Å². The molecule has 0 aliphatic rings. The highest BCUT2D eigenvalue weighted by atomic mass is 16.1. The Morgan fingerprint density at radius 1 is 0.920 bits per heavy atom. The highest BCUT2D eigenvalue weighted by Crippen LogP contribution is 2.19. The number of anilines is 4. The maximum atomic E-state index is 12.3. The van der Waals surface area contributed by atoms with Gasteiger partial charge in [0.05, 0.1) is 0 Å². The van der Waals surface area contributed by atoms with Crippen LogP contribution < -0.4 is 15.5 Å². The molecule has 3 rings (SSSR count). The third kappa shape index (κ3) is 4.32. The van der Waals surface area contributed by atoms with Gasteiger partial charge in [-0.3, -0.25) is 4.79 Å². The Bertz CT molecular complexity index is 847. The number of aromatic nitrogens is 2. The van der Waals surface area contributed by atoms with Gasteiger partial charge in [-0.15, -0.1) is 0 Å². The molecule has 0 unspecified atom stereocenters. The summed E-state index contributed by atoms with van der Waals surface area (Å²) in [5, 5.41) is 5.99. The Morgan fingerprint density at radius 3 is 2.32 bits per heavy atom. The Labute approximate surface area is 146 Å². The maximum Gasteiger partial charge on any atom is 0.274 e. The summed E-state index contributed by atoms with van der Waals surface area (Å²) in [5.41, 5.74) is 3.01. The third-order valence-electron chi connectivity index (χ3n) is 3.59. The standard InChI is InChI=1S/C19H19N5O/c1-24(2)16-10-8-15(9-11-16)22-18-12-17(20-13-21-18)19(25)23-14-6-4-3-5-7-14/h3-13H,1-2H3,(H,23,25)(H,20,21,22). The van der Waals surface area contributed by atoms with E-state index < -0.39 is 0 Å². The minimum absolute atomic E-state index is 0.278. The molecule has 2 N–H and O–H groups in total. The molecule has 1 aromatic heterocycles. The van der Waals surface area contributed by atoms with E-state index in [0.717, 1.165) is 17.1 Å². The molecule has 25 heavy (non-hydrogen) atoms. The first kappa shape index (κ1) is 16.4. The topological polar surface area (TPSA) is 70.2 Å². The third-order valence-corrected chi connectivity index (χ3v) is 3.59. The molecule has 0 saturated heterocycles. The number of nitrogens with zero attached hydrogens (tertiary/aromatic N) is 3. The maximum absolute atomic E-state index is 12.3. The summed E-state index contributed by atoms with van der Waals surface area (Å²) in [6, 6.07) is 18.8. The van der Waals surface area contributed by atoms with E-state index in [1.165, 1.54) is 6.33 Å². The normalized spacial score (nSPS) is 10.2. The van der Waals surface area contributed by atoms with Crippen molar-refractivity contribution in [2.75, 3.05) is 29.6 Å². The molecule has 6 heteroatoms. The van der Waals surface area contributed by atoms with Crippen LogP contribution in [0.25, 0.3) is 0 Å². The molecular formula is C19H19N5O. The van der Waals surface area contributed by atoms with Crippen LogP contribution in [0.2, 0.25) is 0 Å². The van der Waals surface area contributed by atoms with E-state index in [1.54, 1.807) is 6.07 Å². The minimum Gasteiger partial charge on any atom is -0.378 e. The van der Waals surface area contributed by atoms with Crippen molar-refractivity contribution in [2.24, 2.45) is 0 Å². The van der Waals surface area contributed by atoms with Crippen molar-refractivity contribution in [3.05, 3.63) is 72.7 Å². The number of hydrogen-bond donors (Lipinski definition) is 2. The molecule has 0 spiro atoms. The van der Waals surface area contributed by atoms with Gasteiger partial charge in [-0.1, -0.05) is 18.2 Å². The van der Waals surface area contributed by atoms with Crippen molar-refractivity contribution in [1.29, 1.82) is 0 Å². The van der Waals surface area contributed by atoms with Gasteiger partial charge in [0, 0.05) is 37.2 Å². The van der Waals surface area contributed by atoms with Gasteiger partial charge in [-0.2, -0.15) is 0 Å². The molecule has 3 aromatic rings. The molecule has 0 aliphatic heterocycles. The predicted octanol–water partition coefficient (Wildman–Crippen LogP) is 3.54. The van der Waals surface area contributed by atoms with E-state index in [1.807, 2.05) is 73.6 Å². The summed E-state index contributed by atoms with van der Waals surface area (Å²) in [5.74, 6) is 0.283. The second-order valence-electron chi connectivity index (χ2n) is 5.67. The van der Waals surface area contributed by atoms with Crippen molar-refractivity contribution in [2.45, 2.75) is 0 Å². The highest BCUT2D eigenvalue weighted by Gasteiger charge is 2.09. The molecule has 1 heterocycles. The largest absolute Gasteiger partial charge is 0.378 e. The van der Waals surface area contributed by atoms with Crippen LogP contribution in [0.5, 0.6) is 0 Å². The highest BCUT2D eigenvalue weighted by molar-refractivity contribution is 6.03. The lowest BCUT2D eigenvalue weighted by molar-refractivity contribution is 0.102. The van der Waals surface area contributed by atoms with Crippen molar-refractivity contribution in [1.82, 2.24) is 9.97 Å². The van der Waals surface area contributed by atoms with Crippen LogP contribution in [0.3, 0.4) is 0 Å². The fraction of sp³-hybridized carbons (Fsp3) is 0.105. The first-order valence-electron chi connectivity index (χ1n) is 7.85. The lowest BCUT2D eigenvalue weighted by Gasteiger charge is -2.13. The lowest BCUT2D eigenvalue weighted by atomic mass is 10.2. The van der Waals surface area contributed by atoms with Gasteiger partial charge >= 0.3 is 0 Å². The number of carbonyl (C=O) groups is 1. The average molecular weight is 333 g/mol.